The van der Waals surface area contributed by atoms with Gasteiger partial charge < -0.3 is 5.32 Å². The van der Waals surface area contributed by atoms with E-state index in [1.54, 1.807) is 11.3 Å². The molecule has 0 spiro atoms. The van der Waals surface area contributed by atoms with Gasteiger partial charge in [0.25, 0.3) is 0 Å². The van der Waals surface area contributed by atoms with Crippen LogP contribution in [-0.2, 0) is 0 Å². The number of hydrogen-bond acceptors (Lipinski definition) is 2. The fraction of sp³-hybridized carbons (Fsp3) is 0.692. The maximum atomic E-state index is 3.70. The van der Waals surface area contributed by atoms with Crippen molar-refractivity contribution in [1.82, 2.24) is 5.32 Å². The lowest BCUT2D eigenvalue weighted by molar-refractivity contribution is 0.150. The van der Waals surface area contributed by atoms with E-state index in [2.05, 4.69) is 57.2 Å². The normalized spacial score (nSPS) is 21.4. The summed E-state index contributed by atoms with van der Waals surface area (Å²) in [4.78, 5) is 0. The maximum absolute atomic E-state index is 3.70. The summed E-state index contributed by atoms with van der Waals surface area (Å²) in [5, 5.41) is 3.54. The molecule has 1 fully saturated rings. The summed E-state index contributed by atoms with van der Waals surface area (Å²) >= 11 is 9.05. The minimum absolute atomic E-state index is 0.399. The van der Waals surface area contributed by atoms with Crippen molar-refractivity contribution in [3.8, 4) is 0 Å². The van der Waals surface area contributed by atoms with E-state index < -0.39 is 0 Å². The van der Waals surface area contributed by atoms with E-state index in [1.807, 2.05) is 0 Å². The van der Waals surface area contributed by atoms with Gasteiger partial charge in [0.2, 0.25) is 0 Å². The van der Waals surface area contributed by atoms with Gasteiger partial charge in [0, 0.05) is 6.04 Å². The van der Waals surface area contributed by atoms with Crippen LogP contribution in [-0.4, -0.2) is 7.05 Å². The second-order valence-electron chi connectivity index (χ2n) is 5.22. The Balaban J connectivity index is 2.29. The lowest BCUT2D eigenvalue weighted by Crippen LogP contribution is -2.36. The molecule has 0 aromatic carbocycles. The zero-order valence-corrected chi connectivity index (χ0v) is 14.3. The molecule has 0 amide bonds. The van der Waals surface area contributed by atoms with Crippen molar-refractivity contribution < 1.29 is 0 Å². The van der Waals surface area contributed by atoms with Gasteiger partial charge in [0.1, 0.15) is 0 Å². The van der Waals surface area contributed by atoms with Crippen molar-refractivity contribution in [3.63, 3.8) is 0 Å². The molecular weight excluding hydrogens is 362 g/mol. The van der Waals surface area contributed by atoms with Gasteiger partial charge in [-0.1, -0.05) is 26.2 Å². The van der Waals surface area contributed by atoms with Gasteiger partial charge in [-0.05, 0) is 68.8 Å². The average molecular weight is 381 g/mol. The van der Waals surface area contributed by atoms with Crippen LogP contribution in [0.15, 0.2) is 13.6 Å². The van der Waals surface area contributed by atoms with Crippen LogP contribution in [0.25, 0.3) is 0 Å². The first kappa shape index (κ1) is 14.0. The molecule has 1 unspecified atom stereocenters. The van der Waals surface area contributed by atoms with Gasteiger partial charge in [0.05, 0.1) is 7.57 Å². The molecule has 1 N–H and O–H groups in total. The van der Waals surface area contributed by atoms with Crippen molar-refractivity contribution in [2.24, 2.45) is 5.41 Å². The SMILES string of the molecule is CNC(c1cc(Br)sc1Br)C1(C)CCCCC1. The molecule has 1 aromatic rings. The first-order chi connectivity index (χ1) is 8.07. The van der Waals surface area contributed by atoms with Gasteiger partial charge in [0.15, 0.2) is 0 Å². The maximum Gasteiger partial charge on any atom is 0.0758 e. The van der Waals surface area contributed by atoms with Crippen molar-refractivity contribution >= 4 is 43.2 Å². The van der Waals surface area contributed by atoms with Crippen LogP contribution < -0.4 is 5.32 Å². The zero-order chi connectivity index (χ0) is 12.5. The molecule has 17 heavy (non-hydrogen) atoms. The summed E-state index contributed by atoms with van der Waals surface area (Å²) in [6.07, 6.45) is 6.81. The van der Waals surface area contributed by atoms with E-state index in [1.165, 1.54) is 45.2 Å². The van der Waals surface area contributed by atoms with Gasteiger partial charge >= 0.3 is 0 Å². The molecule has 1 saturated carbocycles. The molecule has 0 bridgehead atoms. The van der Waals surface area contributed by atoms with Gasteiger partial charge in [-0.25, -0.2) is 0 Å². The summed E-state index contributed by atoms with van der Waals surface area (Å²) in [6.45, 7) is 2.44. The second kappa shape index (κ2) is 5.72. The van der Waals surface area contributed by atoms with E-state index in [4.69, 9.17) is 0 Å². The van der Waals surface area contributed by atoms with Gasteiger partial charge in [-0.2, -0.15) is 0 Å². The highest BCUT2D eigenvalue weighted by Gasteiger charge is 2.36. The Morgan fingerprint density at radius 2 is 1.94 bits per heavy atom. The largest absolute Gasteiger partial charge is 0.312 e. The van der Waals surface area contributed by atoms with E-state index in [-0.39, 0.29) is 0 Å². The van der Waals surface area contributed by atoms with Crippen molar-refractivity contribution in [1.29, 1.82) is 0 Å². The lowest BCUT2D eigenvalue weighted by Gasteiger charge is -2.40. The molecule has 2 rings (SSSR count). The lowest BCUT2D eigenvalue weighted by atomic mass is 9.69. The van der Waals surface area contributed by atoms with E-state index in [0.717, 1.165) is 0 Å². The minimum Gasteiger partial charge on any atom is -0.312 e. The molecule has 1 atom stereocenters. The first-order valence-electron chi connectivity index (χ1n) is 6.19. The molecule has 96 valence electrons. The molecule has 1 aliphatic rings. The number of nitrogens with one attached hydrogen (secondary N) is 1. The number of hydrogen-bond donors (Lipinski definition) is 1. The van der Waals surface area contributed by atoms with Crippen molar-refractivity contribution in [2.75, 3.05) is 7.05 Å². The predicted octanol–water partition coefficient (Wildman–Crippen LogP) is 5.50. The summed E-state index contributed by atoms with van der Waals surface area (Å²) in [7, 11) is 2.09. The third-order valence-corrected chi connectivity index (χ3v) is 6.36. The Bertz CT molecular complexity index is 383. The molecule has 4 heteroatoms. The molecule has 1 aliphatic carbocycles. The van der Waals surface area contributed by atoms with Crippen LogP contribution in [0.5, 0.6) is 0 Å². The molecule has 0 aliphatic heterocycles. The Labute approximate surface area is 125 Å². The molecular formula is C13H19Br2NS. The molecule has 1 aromatic heterocycles. The minimum atomic E-state index is 0.399. The van der Waals surface area contributed by atoms with Crippen molar-refractivity contribution in [2.45, 2.75) is 45.1 Å². The van der Waals surface area contributed by atoms with E-state index in [9.17, 15) is 0 Å². The Morgan fingerprint density at radius 1 is 1.29 bits per heavy atom. The van der Waals surface area contributed by atoms with Crippen LogP contribution >= 0.6 is 43.2 Å². The second-order valence-corrected chi connectivity index (χ2v) is 8.97. The summed E-state index contributed by atoms with van der Waals surface area (Å²) in [6, 6.07) is 2.72. The molecule has 1 heterocycles. The van der Waals surface area contributed by atoms with E-state index in [0.29, 0.717) is 11.5 Å². The fourth-order valence-electron chi connectivity index (χ4n) is 3.08. The van der Waals surface area contributed by atoms with Crippen LogP contribution in [0.3, 0.4) is 0 Å². The fourth-order valence-corrected chi connectivity index (χ4v) is 5.98. The van der Waals surface area contributed by atoms with Crippen LogP contribution in [0.4, 0.5) is 0 Å². The van der Waals surface area contributed by atoms with Crippen molar-refractivity contribution in [3.05, 3.63) is 19.2 Å². The Kier molecular flexibility index (Phi) is 4.73. The molecule has 0 radical (unpaired) electrons. The van der Waals surface area contributed by atoms with E-state index >= 15 is 0 Å². The average Bonchev–Trinajstić information content (AvgIpc) is 2.60. The highest BCUT2D eigenvalue weighted by Crippen LogP contribution is 2.49. The molecule has 1 nitrogen and oxygen atoms in total. The summed E-state index contributed by atoms with van der Waals surface area (Å²) in [5.41, 5.74) is 1.81. The van der Waals surface area contributed by atoms with Crippen LogP contribution in [0.1, 0.15) is 50.6 Å². The number of halogens is 2. The summed E-state index contributed by atoms with van der Waals surface area (Å²) < 4.78 is 2.47. The highest BCUT2D eigenvalue weighted by atomic mass is 79.9. The van der Waals surface area contributed by atoms with Crippen LogP contribution in [0, 0.1) is 5.41 Å². The van der Waals surface area contributed by atoms with Gasteiger partial charge in [-0.3, -0.25) is 0 Å². The van der Waals surface area contributed by atoms with Crippen LogP contribution in [0.2, 0.25) is 0 Å². The smallest absolute Gasteiger partial charge is 0.0758 e. The quantitative estimate of drug-likeness (QED) is 0.729. The number of thiophene rings is 1. The number of rotatable bonds is 3. The Morgan fingerprint density at radius 3 is 2.41 bits per heavy atom. The Hall–Kier alpha value is 0.620. The third kappa shape index (κ3) is 2.96. The van der Waals surface area contributed by atoms with Gasteiger partial charge in [-0.15, -0.1) is 11.3 Å². The predicted molar refractivity (Wildman–Crippen MR) is 82.7 cm³/mol. The monoisotopic (exact) mass is 379 g/mol. The zero-order valence-electron chi connectivity index (χ0n) is 10.4. The first-order valence-corrected chi connectivity index (χ1v) is 8.59. The third-order valence-electron chi connectivity index (χ3n) is 3.98. The topological polar surface area (TPSA) is 12.0 Å². The highest BCUT2D eigenvalue weighted by molar-refractivity contribution is 9.12. The standard InChI is InChI=1S/C13H19Br2NS/c1-13(6-4-3-5-7-13)11(16-2)9-8-10(14)17-12(9)15/h8,11,16H,3-7H2,1-2H3. The summed E-state index contributed by atoms with van der Waals surface area (Å²) in [5.74, 6) is 0. The molecule has 0 saturated heterocycles.